The molecule has 0 aliphatic heterocycles. The number of hydrogen-bond donors (Lipinski definition) is 2. The molecule has 6 heteroatoms. The van der Waals surface area contributed by atoms with E-state index in [0.29, 0.717) is 0 Å². The zero-order valence-electron chi connectivity index (χ0n) is 7.87. The van der Waals surface area contributed by atoms with Gasteiger partial charge in [-0.1, -0.05) is 0 Å². The molecule has 0 amide bonds. The Kier molecular flexibility index (Phi) is 3.71. The maximum atomic E-state index is 12.4. The number of hydrogen-bond acceptors (Lipinski definition) is 2. The summed E-state index contributed by atoms with van der Waals surface area (Å²) in [6.45, 7) is 3.96. The van der Waals surface area contributed by atoms with Crippen molar-refractivity contribution in [2.24, 2.45) is 16.3 Å². The normalized spacial score (nSPS) is 14.5. The van der Waals surface area contributed by atoms with Crippen molar-refractivity contribution < 1.29 is 13.2 Å². The SMILES string of the molecule is CCN=C(NN)C(C)(C)C(F)(F)F. The van der Waals surface area contributed by atoms with Crippen LogP contribution in [0.1, 0.15) is 20.8 Å². The van der Waals surface area contributed by atoms with Crippen LogP contribution in [0.15, 0.2) is 4.99 Å². The van der Waals surface area contributed by atoms with Crippen LogP contribution in [0.25, 0.3) is 0 Å². The van der Waals surface area contributed by atoms with Crippen LogP contribution in [0.2, 0.25) is 0 Å². The summed E-state index contributed by atoms with van der Waals surface area (Å²) >= 11 is 0. The molecule has 3 nitrogen and oxygen atoms in total. The van der Waals surface area contributed by atoms with E-state index < -0.39 is 11.6 Å². The number of alkyl halides is 3. The molecule has 0 saturated carbocycles. The molecule has 0 aliphatic carbocycles. The molecule has 0 aliphatic rings. The van der Waals surface area contributed by atoms with Gasteiger partial charge in [-0.3, -0.25) is 4.99 Å². The second kappa shape index (κ2) is 3.95. The van der Waals surface area contributed by atoms with Crippen molar-refractivity contribution in [3.05, 3.63) is 0 Å². The number of aliphatic imine (C=N–C) groups is 1. The molecular formula is C7H14F3N3. The molecule has 0 aromatic rings. The van der Waals surface area contributed by atoms with E-state index in [1.54, 1.807) is 6.92 Å². The predicted octanol–water partition coefficient (Wildman–Crippen LogP) is 1.46. The van der Waals surface area contributed by atoms with Crippen LogP contribution in [0, 0.1) is 5.41 Å². The number of halogens is 3. The zero-order chi connectivity index (χ0) is 10.7. The first kappa shape index (κ1) is 12.2. The zero-order valence-corrected chi connectivity index (χ0v) is 7.87. The highest BCUT2D eigenvalue weighted by Crippen LogP contribution is 2.37. The van der Waals surface area contributed by atoms with Gasteiger partial charge in [0.05, 0.1) is 0 Å². The summed E-state index contributed by atoms with van der Waals surface area (Å²) in [5.41, 5.74) is -0.0502. The lowest BCUT2D eigenvalue weighted by Crippen LogP contribution is -2.49. The average Bonchev–Trinajstić information content (AvgIpc) is 1.97. The van der Waals surface area contributed by atoms with Gasteiger partial charge in [-0.15, -0.1) is 0 Å². The van der Waals surface area contributed by atoms with Gasteiger partial charge in [0.15, 0.2) is 0 Å². The third kappa shape index (κ3) is 2.58. The first-order valence-corrected chi connectivity index (χ1v) is 3.85. The molecule has 3 N–H and O–H groups in total. The summed E-state index contributed by atoms with van der Waals surface area (Å²) in [6.07, 6.45) is -4.35. The molecule has 0 radical (unpaired) electrons. The van der Waals surface area contributed by atoms with Gasteiger partial charge in [-0.05, 0) is 20.8 Å². The molecule has 0 atom stereocenters. The standard InChI is InChI=1S/C7H14F3N3/c1-4-12-5(13-11)6(2,3)7(8,9)10/h4,11H2,1-3H3,(H,12,13). The maximum absolute atomic E-state index is 12.4. The number of nitrogens with two attached hydrogens (primary N) is 1. The average molecular weight is 197 g/mol. The van der Waals surface area contributed by atoms with Crippen LogP contribution in [-0.4, -0.2) is 18.6 Å². The minimum atomic E-state index is -4.35. The van der Waals surface area contributed by atoms with Crippen LogP contribution in [-0.2, 0) is 0 Å². The molecule has 0 aromatic heterocycles. The van der Waals surface area contributed by atoms with E-state index in [1.807, 2.05) is 5.43 Å². The first-order valence-electron chi connectivity index (χ1n) is 3.85. The molecule has 0 rings (SSSR count). The van der Waals surface area contributed by atoms with Crippen molar-refractivity contribution in [2.75, 3.05) is 6.54 Å². The van der Waals surface area contributed by atoms with Crippen molar-refractivity contribution in [1.29, 1.82) is 0 Å². The Bertz CT molecular complexity index is 196. The molecule has 0 fully saturated rings. The van der Waals surface area contributed by atoms with Crippen LogP contribution < -0.4 is 11.3 Å². The fraction of sp³-hybridized carbons (Fsp3) is 0.857. The van der Waals surface area contributed by atoms with Crippen LogP contribution in [0.4, 0.5) is 13.2 Å². The number of nitrogens with zero attached hydrogens (tertiary/aromatic N) is 1. The Morgan fingerprint density at radius 2 is 1.85 bits per heavy atom. The molecule has 0 spiro atoms. The van der Waals surface area contributed by atoms with Crippen molar-refractivity contribution >= 4 is 5.84 Å². The molecule has 0 bridgehead atoms. The van der Waals surface area contributed by atoms with E-state index in [2.05, 4.69) is 4.99 Å². The molecule has 78 valence electrons. The van der Waals surface area contributed by atoms with E-state index in [0.717, 1.165) is 13.8 Å². The van der Waals surface area contributed by atoms with Crippen LogP contribution in [0.3, 0.4) is 0 Å². The Morgan fingerprint density at radius 3 is 2.08 bits per heavy atom. The monoisotopic (exact) mass is 197 g/mol. The molecule has 0 aromatic carbocycles. The first-order chi connectivity index (χ1) is 5.77. The van der Waals surface area contributed by atoms with Gasteiger partial charge < -0.3 is 5.43 Å². The fourth-order valence-electron chi connectivity index (χ4n) is 0.716. The minimum absolute atomic E-state index is 0.248. The summed E-state index contributed by atoms with van der Waals surface area (Å²) in [4.78, 5) is 3.64. The second-order valence-corrected chi connectivity index (χ2v) is 3.09. The Morgan fingerprint density at radius 1 is 1.38 bits per heavy atom. The Labute approximate surface area is 75.2 Å². The highest BCUT2D eigenvalue weighted by Gasteiger charge is 2.51. The third-order valence-electron chi connectivity index (χ3n) is 1.75. The Balaban J connectivity index is 4.89. The van der Waals surface area contributed by atoms with Gasteiger partial charge in [0.1, 0.15) is 11.3 Å². The summed E-state index contributed by atoms with van der Waals surface area (Å²) < 4.78 is 37.3. The second-order valence-electron chi connectivity index (χ2n) is 3.09. The minimum Gasteiger partial charge on any atom is -0.312 e. The molecule has 0 unspecified atom stereocenters. The van der Waals surface area contributed by atoms with E-state index in [1.165, 1.54) is 0 Å². The van der Waals surface area contributed by atoms with E-state index >= 15 is 0 Å². The molecule has 0 heterocycles. The molecule has 0 saturated heterocycles. The highest BCUT2D eigenvalue weighted by atomic mass is 19.4. The smallest absolute Gasteiger partial charge is 0.312 e. The van der Waals surface area contributed by atoms with Gasteiger partial charge >= 0.3 is 6.18 Å². The predicted molar refractivity (Wildman–Crippen MR) is 45.1 cm³/mol. The maximum Gasteiger partial charge on any atom is 0.400 e. The summed E-state index contributed by atoms with van der Waals surface area (Å²) in [6, 6.07) is 0. The van der Waals surface area contributed by atoms with Gasteiger partial charge in [0.25, 0.3) is 0 Å². The Hall–Kier alpha value is -0.780. The van der Waals surface area contributed by atoms with Gasteiger partial charge in [0.2, 0.25) is 0 Å². The largest absolute Gasteiger partial charge is 0.400 e. The summed E-state index contributed by atoms with van der Waals surface area (Å²) in [5, 5.41) is 0. The van der Waals surface area contributed by atoms with E-state index in [9.17, 15) is 13.2 Å². The lowest BCUT2D eigenvalue weighted by molar-refractivity contribution is -0.187. The van der Waals surface area contributed by atoms with E-state index in [-0.39, 0.29) is 12.4 Å². The highest BCUT2D eigenvalue weighted by molar-refractivity contribution is 5.87. The lowest BCUT2D eigenvalue weighted by atomic mass is 9.91. The van der Waals surface area contributed by atoms with Crippen LogP contribution in [0.5, 0.6) is 0 Å². The van der Waals surface area contributed by atoms with Crippen molar-refractivity contribution in [3.8, 4) is 0 Å². The quantitative estimate of drug-likeness (QED) is 0.305. The van der Waals surface area contributed by atoms with E-state index in [4.69, 9.17) is 5.84 Å². The number of hydrazine groups is 1. The van der Waals surface area contributed by atoms with Crippen molar-refractivity contribution in [3.63, 3.8) is 0 Å². The lowest BCUT2D eigenvalue weighted by Gasteiger charge is -2.28. The number of amidine groups is 1. The molecule has 13 heavy (non-hydrogen) atoms. The number of nitrogens with one attached hydrogen (secondary N) is 1. The van der Waals surface area contributed by atoms with Crippen LogP contribution >= 0.6 is 0 Å². The topological polar surface area (TPSA) is 50.4 Å². The van der Waals surface area contributed by atoms with Gasteiger partial charge in [0, 0.05) is 6.54 Å². The third-order valence-corrected chi connectivity index (χ3v) is 1.75. The van der Waals surface area contributed by atoms with Gasteiger partial charge in [-0.2, -0.15) is 13.2 Å². The van der Waals surface area contributed by atoms with Crippen molar-refractivity contribution in [2.45, 2.75) is 26.9 Å². The summed E-state index contributed by atoms with van der Waals surface area (Å²) in [7, 11) is 0. The fourth-order valence-corrected chi connectivity index (χ4v) is 0.716. The van der Waals surface area contributed by atoms with Crippen molar-refractivity contribution in [1.82, 2.24) is 5.43 Å². The summed E-state index contributed by atoms with van der Waals surface area (Å²) in [5.74, 6) is 4.71. The number of rotatable bonds is 2. The molecular weight excluding hydrogens is 183 g/mol. The van der Waals surface area contributed by atoms with Gasteiger partial charge in [-0.25, -0.2) is 5.84 Å².